The molecule has 2 nitrogen and oxygen atoms in total. The van der Waals surface area contributed by atoms with Gasteiger partial charge in [0.2, 0.25) is 0 Å². The highest BCUT2D eigenvalue weighted by molar-refractivity contribution is 6.13. The number of para-hydroxylation sites is 3. The van der Waals surface area contributed by atoms with E-state index in [0.717, 1.165) is 0 Å². The van der Waals surface area contributed by atoms with Crippen LogP contribution in [0, 0.1) is 5.92 Å². The van der Waals surface area contributed by atoms with E-state index in [1.807, 2.05) is 0 Å². The van der Waals surface area contributed by atoms with Crippen LogP contribution in [0.5, 0.6) is 0 Å². The molecule has 3 aliphatic rings. The van der Waals surface area contributed by atoms with Crippen molar-refractivity contribution in [1.82, 2.24) is 9.13 Å². The molecule has 3 atom stereocenters. The minimum absolute atomic E-state index is 0.351. The van der Waals surface area contributed by atoms with Gasteiger partial charge in [-0.1, -0.05) is 103 Å². The fourth-order valence-corrected chi connectivity index (χ4v) is 9.58. The summed E-state index contributed by atoms with van der Waals surface area (Å²) in [7, 11) is 0. The van der Waals surface area contributed by atoms with Gasteiger partial charge in [-0.25, -0.2) is 0 Å². The van der Waals surface area contributed by atoms with Crippen LogP contribution in [0.3, 0.4) is 0 Å². The van der Waals surface area contributed by atoms with E-state index in [-0.39, 0.29) is 0 Å². The van der Waals surface area contributed by atoms with Crippen LogP contribution >= 0.6 is 0 Å². The summed E-state index contributed by atoms with van der Waals surface area (Å²) in [5.74, 6) is 1.55. The minimum atomic E-state index is 0.351. The van der Waals surface area contributed by atoms with Crippen LogP contribution in [-0.4, -0.2) is 9.13 Å². The van der Waals surface area contributed by atoms with Crippen LogP contribution < -0.4 is 0 Å². The Kier molecular flexibility index (Phi) is 4.41. The van der Waals surface area contributed by atoms with E-state index in [1.54, 1.807) is 11.1 Å². The number of nitrogens with zero attached hydrogens (tertiary/aromatic N) is 2. The summed E-state index contributed by atoms with van der Waals surface area (Å²) in [5.41, 5.74) is 15.1. The monoisotopic (exact) mass is 562 g/mol. The van der Waals surface area contributed by atoms with Gasteiger partial charge in [-0.05, 0) is 82.8 Å². The third-order valence-corrected chi connectivity index (χ3v) is 11.2. The molecule has 0 saturated heterocycles. The Labute approximate surface area is 255 Å². The van der Waals surface area contributed by atoms with Crippen LogP contribution in [0.4, 0.5) is 0 Å². The average Bonchev–Trinajstić information content (AvgIpc) is 3.83. The van der Waals surface area contributed by atoms with Crippen molar-refractivity contribution in [3.05, 3.63) is 144 Å². The molecule has 8 aromatic rings. The maximum Gasteiger partial charge on any atom is 0.0579 e. The van der Waals surface area contributed by atoms with Crippen LogP contribution in [0.25, 0.3) is 66.1 Å². The molecule has 0 N–H and O–H groups in total. The van der Waals surface area contributed by atoms with Crippen molar-refractivity contribution in [1.29, 1.82) is 0 Å². The maximum atomic E-state index is 2.62. The smallest absolute Gasteiger partial charge is 0.0579 e. The van der Waals surface area contributed by atoms with Gasteiger partial charge in [0, 0.05) is 33.2 Å². The lowest BCUT2D eigenvalue weighted by Crippen LogP contribution is -2.13. The maximum absolute atomic E-state index is 2.62. The lowest BCUT2D eigenvalue weighted by atomic mass is 9.82. The fraction of sp³-hybridized carbons (Fsp3) is 0.143. The van der Waals surface area contributed by atoms with E-state index in [0.29, 0.717) is 17.8 Å². The molecule has 3 unspecified atom stereocenters. The zero-order chi connectivity index (χ0) is 28.5. The van der Waals surface area contributed by atoms with E-state index in [4.69, 9.17) is 0 Å². The van der Waals surface area contributed by atoms with Crippen molar-refractivity contribution in [2.45, 2.75) is 31.1 Å². The first kappa shape index (κ1) is 23.4. The second-order valence-electron chi connectivity index (χ2n) is 13.2. The Morgan fingerprint density at radius 1 is 0.500 bits per heavy atom. The molecule has 0 radical (unpaired) electrons. The number of fused-ring (bicyclic) bond motifs is 13. The van der Waals surface area contributed by atoms with Gasteiger partial charge >= 0.3 is 0 Å². The molecule has 2 aromatic heterocycles. The first-order valence-electron chi connectivity index (χ1n) is 16.1. The average molecular weight is 563 g/mol. The molecule has 6 aromatic carbocycles. The molecule has 1 fully saturated rings. The molecule has 44 heavy (non-hydrogen) atoms. The molecule has 3 heterocycles. The Morgan fingerprint density at radius 2 is 1.23 bits per heavy atom. The molecule has 2 heteroatoms. The molecule has 0 amide bonds. The Bertz CT molecular complexity index is 2490. The zero-order valence-corrected chi connectivity index (χ0v) is 24.4. The van der Waals surface area contributed by atoms with Gasteiger partial charge < -0.3 is 9.13 Å². The highest BCUT2D eigenvalue weighted by Gasteiger charge is 2.47. The summed E-state index contributed by atoms with van der Waals surface area (Å²) in [6.45, 7) is 0. The molecular weight excluding hydrogens is 532 g/mol. The van der Waals surface area contributed by atoms with Gasteiger partial charge in [-0.3, -0.25) is 0 Å². The highest BCUT2D eigenvalue weighted by atomic mass is 15.0. The number of benzene rings is 6. The molecule has 208 valence electrons. The van der Waals surface area contributed by atoms with Gasteiger partial charge in [0.25, 0.3) is 0 Å². The molecule has 2 aliphatic carbocycles. The Morgan fingerprint density at radius 3 is 2.09 bits per heavy atom. The molecule has 11 rings (SSSR count). The SMILES string of the molecule is c1ccc(-c2cc3c4c(c2)-n2c5ccccc5c5ccc(cc52)-n2c5ccccc5c5cccc(c52)C4C2CCCC32)cc1. The van der Waals surface area contributed by atoms with Crippen LogP contribution in [0.15, 0.2) is 127 Å². The summed E-state index contributed by atoms with van der Waals surface area (Å²) in [4.78, 5) is 0. The summed E-state index contributed by atoms with van der Waals surface area (Å²) < 4.78 is 5.19. The molecule has 0 spiro atoms. The summed E-state index contributed by atoms with van der Waals surface area (Å²) in [6, 6.07) is 48.4. The summed E-state index contributed by atoms with van der Waals surface area (Å²) >= 11 is 0. The van der Waals surface area contributed by atoms with E-state index in [1.165, 1.54) is 90.9 Å². The van der Waals surface area contributed by atoms with Crippen LogP contribution in [0.1, 0.15) is 47.8 Å². The van der Waals surface area contributed by atoms with Gasteiger partial charge in [0.1, 0.15) is 0 Å². The quantitative estimate of drug-likeness (QED) is 0.188. The lowest BCUT2D eigenvalue weighted by molar-refractivity contribution is 0.477. The second kappa shape index (κ2) is 8.30. The third kappa shape index (κ3) is 2.82. The number of hydrogen-bond donors (Lipinski definition) is 0. The van der Waals surface area contributed by atoms with E-state index >= 15 is 0 Å². The van der Waals surface area contributed by atoms with Gasteiger partial charge in [0.15, 0.2) is 0 Å². The first-order valence-corrected chi connectivity index (χ1v) is 16.1. The standard InChI is InChI=1S/C42H30N2/c1-2-10-25(11-3-1)26-22-35-28-14-8-15-32(28)40-34-17-9-16-33-30-13-5-6-18-36(30)43(42(33)34)27-20-21-31-29-12-4-7-19-37(29)44(38(31)24-27)39(23-26)41(35)40/h1-7,9-13,16-24,28,32,40H,8,14-15H2. The van der Waals surface area contributed by atoms with Crippen molar-refractivity contribution >= 4 is 43.6 Å². The largest absolute Gasteiger partial charge is 0.309 e. The Balaban J connectivity index is 1.40. The third-order valence-electron chi connectivity index (χ3n) is 11.2. The number of hydrogen-bond acceptors (Lipinski definition) is 0. The van der Waals surface area contributed by atoms with Crippen LogP contribution in [-0.2, 0) is 0 Å². The lowest BCUT2D eigenvalue weighted by Gasteiger charge is -2.26. The summed E-state index contributed by atoms with van der Waals surface area (Å²) in [5, 5.41) is 5.34. The number of aromatic nitrogens is 2. The normalized spacial score (nSPS) is 19.8. The molecule has 1 saturated carbocycles. The van der Waals surface area contributed by atoms with Crippen molar-refractivity contribution in [3.63, 3.8) is 0 Å². The van der Waals surface area contributed by atoms with E-state index in [2.05, 4.69) is 137 Å². The molecule has 1 aliphatic heterocycles. The first-order chi connectivity index (χ1) is 21.8. The second-order valence-corrected chi connectivity index (χ2v) is 13.2. The summed E-state index contributed by atoms with van der Waals surface area (Å²) in [6.07, 6.45) is 3.87. The van der Waals surface area contributed by atoms with E-state index < -0.39 is 0 Å². The zero-order valence-electron chi connectivity index (χ0n) is 24.4. The van der Waals surface area contributed by atoms with Crippen LogP contribution in [0.2, 0.25) is 0 Å². The molecular formula is C42H30N2. The van der Waals surface area contributed by atoms with Gasteiger partial charge in [0.05, 0.1) is 27.8 Å². The number of rotatable bonds is 1. The highest BCUT2D eigenvalue weighted by Crippen LogP contribution is 2.61. The fourth-order valence-electron chi connectivity index (χ4n) is 9.58. The topological polar surface area (TPSA) is 9.86 Å². The predicted molar refractivity (Wildman–Crippen MR) is 182 cm³/mol. The molecule has 2 bridgehead atoms. The van der Waals surface area contributed by atoms with Gasteiger partial charge in [-0.2, -0.15) is 0 Å². The Hall–Kier alpha value is -5.08. The van der Waals surface area contributed by atoms with E-state index in [9.17, 15) is 0 Å². The van der Waals surface area contributed by atoms with Gasteiger partial charge in [-0.15, -0.1) is 0 Å². The van der Waals surface area contributed by atoms with Crippen molar-refractivity contribution in [2.75, 3.05) is 0 Å². The van der Waals surface area contributed by atoms with Crippen molar-refractivity contribution in [3.8, 4) is 22.5 Å². The van der Waals surface area contributed by atoms with Crippen molar-refractivity contribution in [2.24, 2.45) is 5.92 Å². The van der Waals surface area contributed by atoms with Crippen molar-refractivity contribution < 1.29 is 0 Å². The predicted octanol–water partition coefficient (Wildman–Crippen LogP) is 10.9. The minimum Gasteiger partial charge on any atom is -0.309 e.